The van der Waals surface area contributed by atoms with E-state index in [2.05, 4.69) is 10.2 Å². The number of hydrogen-bond acceptors (Lipinski definition) is 2. The molecule has 0 bridgehead atoms. The van der Waals surface area contributed by atoms with Crippen molar-refractivity contribution in [1.29, 1.82) is 0 Å². The second-order valence-corrected chi connectivity index (χ2v) is 5.55. The third kappa shape index (κ3) is 4.76. The molecule has 5 heteroatoms. The van der Waals surface area contributed by atoms with Crippen LogP contribution in [0.25, 0.3) is 0 Å². The minimum Gasteiger partial charge on any atom is -0.355 e. The molecule has 110 valence electrons. The van der Waals surface area contributed by atoms with E-state index in [4.69, 9.17) is 11.6 Å². The van der Waals surface area contributed by atoms with E-state index in [1.165, 1.54) is 6.07 Å². The topological polar surface area (TPSA) is 32.3 Å². The van der Waals surface area contributed by atoms with Gasteiger partial charge in [0.05, 0.1) is 0 Å². The summed E-state index contributed by atoms with van der Waals surface area (Å²) < 4.78 is 13.1. The quantitative estimate of drug-likeness (QED) is 0.847. The highest BCUT2D eigenvalue weighted by atomic mass is 35.5. The standard InChI is InChI=1S/C15H20ClFN2O/c16-9-15(20)18-10-12-4-6-19(7-5-12)11-13-2-1-3-14(17)8-13/h1-3,8,12H,4-7,9-11H2,(H,18,20). The average molecular weight is 299 g/mol. The van der Waals surface area contributed by atoms with Gasteiger partial charge < -0.3 is 5.32 Å². The zero-order valence-electron chi connectivity index (χ0n) is 11.4. The second kappa shape index (κ2) is 7.60. The van der Waals surface area contributed by atoms with Crippen LogP contribution < -0.4 is 5.32 Å². The predicted molar refractivity (Wildman–Crippen MR) is 78.1 cm³/mol. The third-order valence-electron chi connectivity index (χ3n) is 3.71. The molecule has 1 heterocycles. The highest BCUT2D eigenvalue weighted by Crippen LogP contribution is 2.18. The Morgan fingerprint density at radius 2 is 2.15 bits per heavy atom. The first-order valence-electron chi connectivity index (χ1n) is 6.97. The van der Waals surface area contributed by atoms with Crippen molar-refractivity contribution < 1.29 is 9.18 Å². The molecule has 0 unspecified atom stereocenters. The van der Waals surface area contributed by atoms with Crippen molar-refractivity contribution in [3.8, 4) is 0 Å². The van der Waals surface area contributed by atoms with Gasteiger partial charge in [-0.2, -0.15) is 0 Å². The zero-order valence-corrected chi connectivity index (χ0v) is 12.2. The van der Waals surface area contributed by atoms with E-state index in [0.29, 0.717) is 12.5 Å². The van der Waals surface area contributed by atoms with E-state index >= 15 is 0 Å². The summed E-state index contributed by atoms with van der Waals surface area (Å²) in [7, 11) is 0. The van der Waals surface area contributed by atoms with Gasteiger partial charge in [-0.1, -0.05) is 12.1 Å². The first kappa shape index (κ1) is 15.3. The Morgan fingerprint density at radius 1 is 1.40 bits per heavy atom. The van der Waals surface area contributed by atoms with Crippen LogP contribution in [0.3, 0.4) is 0 Å². The lowest BCUT2D eigenvalue weighted by molar-refractivity contribution is -0.118. The maximum atomic E-state index is 13.1. The predicted octanol–water partition coefficient (Wildman–Crippen LogP) is 2.39. The molecular weight excluding hydrogens is 279 g/mol. The van der Waals surface area contributed by atoms with Crippen molar-refractivity contribution in [1.82, 2.24) is 10.2 Å². The maximum absolute atomic E-state index is 13.1. The fourth-order valence-electron chi connectivity index (χ4n) is 2.55. The summed E-state index contributed by atoms with van der Waals surface area (Å²) in [5.41, 5.74) is 1.01. The lowest BCUT2D eigenvalue weighted by atomic mass is 9.96. The minimum atomic E-state index is -0.179. The van der Waals surface area contributed by atoms with Crippen LogP contribution in [0, 0.1) is 11.7 Å². The molecule has 1 fully saturated rings. The Bertz CT molecular complexity index is 447. The molecule has 20 heavy (non-hydrogen) atoms. The van der Waals surface area contributed by atoms with E-state index in [9.17, 15) is 9.18 Å². The van der Waals surface area contributed by atoms with Gasteiger partial charge in [0, 0.05) is 13.1 Å². The third-order valence-corrected chi connectivity index (χ3v) is 3.95. The SMILES string of the molecule is O=C(CCl)NCC1CCN(Cc2cccc(F)c2)CC1. The normalized spacial score (nSPS) is 17.1. The molecule has 0 aromatic heterocycles. The number of piperidine rings is 1. The van der Waals surface area contributed by atoms with Gasteiger partial charge in [0.2, 0.25) is 5.91 Å². The van der Waals surface area contributed by atoms with Crippen molar-refractivity contribution in [2.75, 3.05) is 25.5 Å². The molecule has 1 aliphatic rings. The number of likely N-dealkylation sites (tertiary alicyclic amines) is 1. The van der Waals surface area contributed by atoms with Crippen LogP contribution in [0.5, 0.6) is 0 Å². The number of rotatable bonds is 5. The van der Waals surface area contributed by atoms with E-state index in [-0.39, 0.29) is 17.6 Å². The molecule has 0 atom stereocenters. The van der Waals surface area contributed by atoms with Gasteiger partial charge >= 0.3 is 0 Å². The lowest BCUT2D eigenvalue weighted by Gasteiger charge is -2.32. The molecular formula is C15H20ClFN2O. The number of nitrogens with zero attached hydrogens (tertiary/aromatic N) is 1. The number of nitrogens with one attached hydrogen (secondary N) is 1. The van der Waals surface area contributed by atoms with Crippen molar-refractivity contribution in [3.63, 3.8) is 0 Å². The smallest absolute Gasteiger partial charge is 0.234 e. The highest BCUT2D eigenvalue weighted by molar-refractivity contribution is 6.27. The van der Waals surface area contributed by atoms with Gasteiger partial charge in [0.1, 0.15) is 11.7 Å². The van der Waals surface area contributed by atoms with E-state index in [0.717, 1.165) is 38.0 Å². The molecule has 0 aliphatic carbocycles. The summed E-state index contributed by atoms with van der Waals surface area (Å²) in [5, 5.41) is 2.84. The highest BCUT2D eigenvalue weighted by Gasteiger charge is 2.19. The molecule has 1 aromatic carbocycles. The molecule has 0 saturated carbocycles. The van der Waals surface area contributed by atoms with E-state index < -0.39 is 0 Å². The maximum Gasteiger partial charge on any atom is 0.234 e. The molecule has 1 saturated heterocycles. The summed E-state index contributed by atoms with van der Waals surface area (Å²) >= 11 is 5.44. The van der Waals surface area contributed by atoms with Gasteiger partial charge in [0.25, 0.3) is 0 Å². The van der Waals surface area contributed by atoms with Gasteiger partial charge in [-0.25, -0.2) is 4.39 Å². The fraction of sp³-hybridized carbons (Fsp3) is 0.533. The Labute approximate surface area is 124 Å². The van der Waals surface area contributed by atoms with Crippen molar-refractivity contribution in [2.45, 2.75) is 19.4 Å². The average Bonchev–Trinajstić information content (AvgIpc) is 2.46. The summed E-state index contributed by atoms with van der Waals surface area (Å²) in [5.74, 6) is 0.263. The fourth-order valence-corrected chi connectivity index (χ4v) is 2.64. The first-order valence-corrected chi connectivity index (χ1v) is 7.50. The number of alkyl halides is 1. The number of hydrogen-bond donors (Lipinski definition) is 1. The monoisotopic (exact) mass is 298 g/mol. The van der Waals surface area contributed by atoms with Crippen LogP contribution >= 0.6 is 11.6 Å². The molecule has 1 N–H and O–H groups in total. The Kier molecular flexibility index (Phi) is 5.80. The molecule has 2 rings (SSSR count). The second-order valence-electron chi connectivity index (χ2n) is 5.29. The molecule has 1 aromatic rings. The van der Waals surface area contributed by atoms with Crippen LogP contribution in [-0.2, 0) is 11.3 Å². The van der Waals surface area contributed by atoms with Gasteiger partial charge in [-0.05, 0) is 49.5 Å². The van der Waals surface area contributed by atoms with E-state index in [1.807, 2.05) is 6.07 Å². The molecule has 0 radical (unpaired) electrons. The van der Waals surface area contributed by atoms with Crippen LogP contribution in [0.15, 0.2) is 24.3 Å². The van der Waals surface area contributed by atoms with Gasteiger partial charge in [-0.15, -0.1) is 11.6 Å². The number of carbonyl (C=O) groups excluding carboxylic acids is 1. The Balaban J connectivity index is 1.73. The first-order chi connectivity index (χ1) is 9.67. The number of amides is 1. The molecule has 1 aliphatic heterocycles. The number of halogens is 2. The van der Waals surface area contributed by atoms with Crippen LogP contribution in [-0.4, -0.2) is 36.3 Å². The molecule has 3 nitrogen and oxygen atoms in total. The summed E-state index contributed by atoms with van der Waals surface area (Å²) in [6.07, 6.45) is 2.11. The van der Waals surface area contributed by atoms with Gasteiger partial charge in [0.15, 0.2) is 0 Å². The molecule has 0 spiro atoms. The summed E-state index contributed by atoms with van der Waals surface area (Å²) in [6.45, 7) is 3.47. The Hall–Kier alpha value is -1.13. The largest absolute Gasteiger partial charge is 0.355 e. The van der Waals surface area contributed by atoms with Gasteiger partial charge in [-0.3, -0.25) is 9.69 Å². The van der Waals surface area contributed by atoms with Crippen molar-refractivity contribution in [3.05, 3.63) is 35.6 Å². The number of carbonyl (C=O) groups is 1. The van der Waals surface area contributed by atoms with Crippen molar-refractivity contribution in [2.24, 2.45) is 5.92 Å². The van der Waals surface area contributed by atoms with Crippen molar-refractivity contribution >= 4 is 17.5 Å². The summed E-state index contributed by atoms with van der Waals surface area (Å²) in [6, 6.07) is 6.76. The zero-order chi connectivity index (χ0) is 14.4. The lowest BCUT2D eigenvalue weighted by Crippen LogP contribution is -2.38. The van der Waals surface area contributed by atoms with Crippen LogP contribution in [0.1, 0.15) is 18.4 Å². The summed E-state index contributed by atoms with van der Waals surface area (Å²) in [4.78, 5) is 13.4. The minimum absolute atomic E-state index is 0.0262. The van der Waals surface area contributed by atoms with Crippen LogP contribution in [0.4, 0.5) is 4.39 Å². The molecule has 1 amide bonds. The Morgan fingerprint density at radius 3 is 2.80 bits per heavy atom. The van der Waals surface area contributed by atoms with E-state index in [1.54, 1.807) is 12.1 Å². The van der Waals surface area contributed by atoms with Crippen LogP contribution in [0.2, 0.25) is 0 Å². The number of benzene rings is 1.